The van der Waals surface area contributed by atoms with Crippen molar-refractivity contribution in [3.8, 4) is 0 Å². The lowest BCUT2D eigenvalue weighted by molar-refractivity contribution is 0.536. The molecule has 0 aliphatic carbocycles. The Morgan fingerprint density at radius 1 is 1.28 bits per heavy atom. The highest BCUT2D eigenvalue weighted by Gasteiger charge is 2.18. The number of aromatic amines is 1. The molecule has 0 aliphatic rings. The number of benzene rings is 1. The summed E-state index contributed by atoms with van der Waals surface area (Å²) in [4.78, 5) is 3.48. The second-order valence-corrected chi connectivity index (χ2v) is 4.96. The van der Waals surface area contributed by atoms with E-state index in [1.165, 1.54) is 16.6 Å². The molecule has 1 aromatic carbocycles. The largest absolute Gasteiger partial charge is 0.357 e. The number of aromatic nitrogens is 1. The van der Waals surface area contributed by atoms with Crippen molar-refractivity contribution in [1.29, 1.82) is 0 Å². The van der Waals surface area contributed by atoms with Gasteiger partial charge in [0.15, 0.2) is 0 Å². The Morgan fingerprint density at radius 2 is 2.06 bits per heavy atom. The van der Waals surface area contributed by atoms with Crippen molar-refractivity contribution in [2.75, 3.05) is 6.54 Å². The van der Waals surface area contributed by atoms with Crippen LogP contribution >= 0.6 is 11.6 Å². The Morgan fingerprint density at radius 3 is 2.67 bits per heavy atom. The molecule has 0 bridgehead atoms. The van der Waals surface area contributed by atoms with Crippen LogP contribution in [0.2, 0.25) is 5.02 Å². The molecule has 18 heavy (non-hydrogen) atoms. The summed E-state index contributed by atoms with van der Waals surface area (Å²) in [5, 5.41) is 5.62. The maximum absolute atomic E-state index is 6.27. The van der Waals surface area contributed by atoms with Crippen molar-refractivity contribution in [2.24, 2.45) is 0 Å². The maximum Gasteiger partial charge on any atom is 0.0648 e. The minimum Gasteiger partial charge on any atom is -0.357 e. The number of rotatable bonds is 5. The topological polar surface area (TPSA) is 27.8 Å². The number of halogens is 1. The van der Waals surface area contributed by atoms with E-state index in [0.717, 1.165) is 29.9 Å². The standard InChI is InChI=1S/C15H21ClN2/c1-4-12(17-6-3)14-10-8-7-9-11(16)15(10)18-13(14)5-2/h7-9,12,17-18H,4-6H2,1-3H3. The summed E-state index contributed by atoms with van der Waals surface area (Å²) in [6.45, 7) is 7.53. The van der Waals surface area contributed by atoms with Gasteiger partial charge >= 0.3 is 0 Å². The van der Waals surface area contributed by atoms with E-state index in [2.05, 4.69) is 37.1 Å². The molecule has 0 amide bonds. The smallest absolute Gasteiger partial charge is 0.0648 e. The summed E-state index contributed by atoms with van der Waals surface area (Å²) < 4.78 is 0. The fourth-order valence-electron chi connectivity index (χ4n) is 2.63. The van der Waals surface area contributed by atoms with Crippen LogP contribution in [0.25, 0.3) is 10.9 Å². The lowest BCUT2D eigenvalue weighted by atomic mass is 9.99. The van der Waals surface area contributed by atoms with E-state index in [4.69, 9.17) is 11.6 Å². The first-order valence-electron chi connectivity index (χ1n) is 6.75. The second-order valence-electron chi connectivity index (χ2n) is 4.55. The summed E-state index contributed by atoms with van der Waals surface area (Å²) in [6.07, 6.45) is 2.09. The van der Waals surface area contributed by atoms with Gasteiger partial charge in [0, 0.05) is 17.1 Å². The van der Waals surface area contributed by atoms with Gasteiger partial charge in [-0.1, -0.05) is 44.5 Å². The van der Waals surface area contributed by atoms with E-state index in [0.29, 0.717) is 6.04 Å². The Labute approximate surface area is 114 Å². The van der Waals surface area contributed by atoms with Crippen LogP contribution in [0.4, 0.5) is 0 Å². The highest BCUT2D eigenvalue weighted by Crippen LogP contribution is 2.33. The third-order valence-corrected chi connectivity index (χ3v) is 3.78. The summed E-state index contributed by atoms with van der Waals surface area (Å²) in [6, 6.07) is 6.53. The van der Waals surface area contributed by atoms with Crippen LogP contribution in [-0.4, -0.2) is 11.5 Å². The van der Waals surface area contributed by atoms with E-state index >= 15 is 0 Å². The van der Waals surface area contributed by atoms with Gasteiger partial charge in [-0.3, -0.25) is 0 Å². The van der Waals surface area contributed by atoms with E-state index in [1.54, 1.807) is 0 Å². The SMILES string of the molecule is CCNC(CC)c1c(CC)[nH]c2c(Cl)cccc12. The first kappa shape index (κ1) is 13.4. The van der Waals surface area contributed by atoms with Crippen LogP contribution in [0.15, 0.2) is 18.2 Å². The molecule has 1 unspecified atom stereocenters. The zero-order valence-corrected chi connectivity index (χ0v) is 12.1. The van der Waals surface area contributed by atoms with Gasteiger partial charge in [0.25, 0.3) is 0 Å². The van der Waals surface area contributed by atoms with Crippen molar-refractivity contribution in [3.05, 3.63) is 34.5 Å². The fraction of sp³-hybridized carbons (Fsp3) is 0.467. The van der Waals surface area contributed by atoms with E-state index in [9.17, 15) is 0 Å². The molecule has 0 aliphatic heterocycles. The van der Waals surface area contributed by atoms with Gasteiger partial charge < -0.3 is 10.3 Å². The van der Waals surface area contributed by atoms with Crippen LogP contribution in [0.1, 0.15) is 44.5 Å². The van der Waals surface area contributed by atoms with Crippen molar-refractivity contribution in [2.45, 2.75) is 39.7 Å². The van der Waals surface area contributed by atoms with Crippen LogP contribution < -0.4 is 5.32 Å². The average Bonchev–Trinajstić information content (AvgIpc) is 2.76. The third kappa shape index (κ3) is 2.27. The van der Waals surface area contributed by atoms with Gasteiger partial charge in [-0.25, -0.2) is 0 Å². The van der Waals surface area contributed by atoms with Crippen LogP contribution in [0.3, 0.4) is 0 Å². The van der Waals surface area contributed by atoms with E-state index in [1.807, 2.05) is 12.1 Å². The number of hydrogen-bond donors (Lipinski definition) is 2. The van der Waals surface area contributed by atoms with Gasteiger partial charge in [-0.05, 0) is 31.0 Å². The van der Waals surface area contributed by atoms with Crippen LogP contribution in [-0.2, 0) is 6.42 Å². The molecule has 0 spiro atoms. The van der Waals surface area contributed by atoms with Gasteiger partial charge in [0.1, 0.15) is 0 Å². The predicted octanol–water partition coefficient (Wildman–Crippen LogP) is 4.44. The number of hydrogen-bond acceptors (Lipinski definition) is 1. The van der Waals surface area contributed by atoms with Gasteiger partial charge in [-0.15, -0.1) is 0 Å². The van der Waals surface area contributed by atoms with Crippen LogP contribution in [0, 0.1) is 0 Å². The normalized spacial score (nSPS) is 13.1. The first-order valence-corrected chi connectivity index (χ1v) is 7.12. The minimum atomic E-state index is 0.400. The zero-order valence-electron chi connectivity index (χ0n) is 11.3. The molecule has 0 radical (unpaired) electrons. The average molecular weight is 265 g/mol. The monoisotopic (exact) mass is 264 g/mol. The van der Waals surface area contributed by atoms with Crippen molar-refractivity contribution in [1.82, 2.24) is 10.3 Å². The maximum atomic E-state index is 6.27. The molecule has 3 heteroatoms. The Bertz CT molecular complexity index is 531. The summed E-state index contributed by atoms with van der Waals surface area (Å²) in [5.41, 5.74) is 3.76. The lowest BCUT2D eigenvalue weighted by Crippen LogP contribution is -2.20. The van der Waals surface area contributed by atoms with Crippen molar-refractivity contribution in [3.63, 3.8) is 0 Å². The highest BCUT2D eigenvalue weighted by atomic mass is 35.5. The molecule has 2 nitrogen and oxygen atoms in total. The predicted molar refractivity (Wildman–Crippen MR) is 79.4 cm³/mol. The molecule has 1 heterocycles. The molecule has 2 rings (SSSR count). The summed E-state index contributed by atoms with van der Waals surface area (Å²) in [5.74, 6) is 0. The first-order chi connectivity index (χ1) is 8.72. The van der Waals surface area contributed by atoms with E-state index < -0.39 is 0 Å². The molecule has 1 aromatic heterocycles. The Hall–Kier alpha value is -0.990. The number of fused-ring (bicyclic) bond motifs is 1. The zero-order chi connectivity index (χ0) is 13.1. The van der Waals surface area contributed by atoms with Crippen molar-refractivity contribution < 1.29 is 0 Å². The molecule has 1 atom stereocenters. The molecule has 98 valence electrons. The number of H-pyrrole nitrogens is 1. The van der Waals surface area contributed by atoms with Crippen molar-refractivity contribution >= 4 is 22.5 Å². The number of para-hydroxylation sites is 1. The minimum absolute atomic E-state index is 0.400. The van der Waals surface area contributed by atoms with Gasteiger partial charge in [-0.2, -0.15) is 0 Å². The molecular weight excluding hydrogens is 244 g/mol. The van der Waals surface area contributed by atoms with E-state index in [-0.39, 0.29) is 0 Å². The number of aryl methyl sites for hydroxylation is 1. The third-order valence-electron chi connectivity index (χ3n) is 3.47. The highest BCUT2D eigenvalue weighted by molar-refractivity contribution is 6.35. The van der Waals surface area contributed by atoms with Gasteiger partial charge in [0.05, 0.1) is 10.5 Å². The number of nitrogens with one attached hydrogen (secondary N) is 2. The summed E-state index contributed by atoms with van der Waals surface area (Å²) in [7, 11) is 0. The Kier molecular flexibility index (Phi) is 4.31. The molecular formula is C15H21ClN2. The lowest BCUT2D eigenvalue weighted by Gasteiger charge is -2.17. The molecule has 0 saturated carbocycles. The second kappa shape index (κ2) is 5.77. The summed E-state index contributed by atoms with van der Waals surface area (Å²) >= 11 is 6.27. The molecule has 2 N–H and O–H groups in total. The van der Waals surface area contributed by atoms with Gasteiger partial charge in [0.2, 0.25) is 0 Å². The Balaban J connectivity index is 2.62. The molecule has 0 fully saturated rings. The fourth-order valence-corrected chi connectivity index (χ4v) is 2.85. The quantitative estimate of drug-likeness (QED) is 0.821. The molecule has 0 saturated heterocycles. The molecule has 2 aromatic rings. The van der Waals surface area contributed by atoms with Crippen LogP contribution in [0.5, 0.6) is 0 Å².